The first kappa shape index (κ1) is 29.5. The van der Waals surface area contributed by atoms with Gasteiger partial charge >= 0.3 is 0 Å². The molecule has 0 fully saturated rings. The summed E-state index contributed by atoms with van der Waals surface area (Å²) < 4.78 is 37.0. The SMILES string of the molecule is C=C(c1c(C)cc(C)c2c1ccn2S(=O)(=O)c1ccc(C)cc1)c1nc2cc(C#N)ccc2n1COCC[Si](C)(C)C. The van der Waals surface area contributed by atoms with Gasteiger partial charge in [-0.2, -0.15) is 5.26 Å². The van der Waals surface area contributed by atoms with Gasteiger partial charge in [-0.15, -0.1) is 0 Å². The van der Waals surface area contributed by atoms with E-state index >= 15 is 0 Å². The Morgan fingerprint density at radius 2 is 1.74 bits per heavy atom. The molecule has 0 N–H and O–H groups in total. The lowest BCUT2D eigenvalue weighted by Crippen LogP contribution is -2.22. The molecule has 5 aromatic rings. The average Bonchev–Trinajstić information content (AvgIpc) is 3.53. The van der Waals surface area contributed by atoms with Gasteiger partial charge in [0.2, 0.25) is 0 Å². The van der Waals surface area contributed by atoms with Crippen molar-refractivity contribution in [2.24, 2.45) is 0 Å². The Hall–Kier alpha value is -3.97. The summed E-state index contributed by atoms with van der Waals surface area (Å²) in [5.74, 6) is 0.621. The number of aromatic nitrogens is 3. The molecule has 0 radical (unpaired) electrons. The molecule has 0 aliphatic rings. The molecule has 0 spiro atoms. The topological polar surface area (TPSA) is 89.9 Å². The summed E-state index contributed by atoms with van der Waals surface area (Å²) in [5, 5.41) is 10.3. The van der Waals surface area contributed by atoms with Gasteiger partial charge in [0.25, 0.3) is 10.0 Å². The first-order chi connectivity index (χ1) is 19.8. The highest BCUT2D eigenvalue weighted by atomic mass is 32.2. The molecule has 0 aliphatic heterocycles. The number of nitriles is 1. The number of aryl methyl sites for hydroxylation is 3. The first-order valence-corrected chi connectivity index (χ1v) is 19.1. The highest BCUT2D eigenvalue weighted by Gasteiger charge is 2.25. The third kappa shape index (κ3) is 5.45. The quantitative estimate of drug-likeness (QED) is 0.131. The monoisotopic (exact) mass is 596 g/mol. The van der Waals surface area contributed by atoms with E-state index in [0.717, 1.165) is 39.2 Å². The van der Waals surface area contributed by atoms with Crippen molar-refractivity contribution in [3.63, 3.8) is 0 Å². The van der Waals surface area contributed by atoms with Gasteiger partial charge < -0.3 is 4.74 Å². The molecule has 216 valence electrons. The maximum Gasteiger partial charge on any atom is 0.268 e. The van der Waals surface area contributed by atoms with E-state index < -0.39 is 18.1 Å². The van der Waals surface area contributed by atoms with Gasteiger partial charge in [0, 0.05) is 31.8 Å². The van der Waals surface area contributed by atoms with Crippen LogP contribution in [0.3, 0.4) is 0 Å². The van der Waals surface area contributed by atoms with Crippen molar-refractivity contribution in [3.8, 4) is 6.07 Å². The zero-order valence-corrected chi connectivity index (χ0v) is 26.8. The highest BCUT2D eigenvalue weighted by Crippen LogP contribution is 2.36. The third-order valence-corrected chi connectivity index (χ3v) is 11.0. The zero-order valence-electron chi connectivity index (χ0n) is 25.0. The molecule has 5 rings (SSSR count). The maximum absolute atomic E-state index is 13.7. The predicted octanol–water partition coefficient (Wildman–Crippen LogP) is 7.40. The summed E-state index contributed by atoms with van der Waals surface area (Å²) in [6.45, 7) is 18.2. The van der Waals surface area contributed by atoms with Crippen molar-refractivity contribution in [1.82, 2.24) is 13.5 Å². The van der Waals surface area contributed by atoms with Crippen LogP contribution in [-0.4, -0.2) is 36.6 Å². The van der Waals surface area contributed by atoms with E-state index in [4.69, 9.17) is 9.72 Å². The second-order valence-electron chi connectivity index (χ2n) is 12.1. The van der Waals surface area contributed by atoms with E-state index in [2.05, 4.69) is 32.3 Å². The van der Waals surface area contributed by atoms with Crippen LogP contribution < -0.4 is 0 Å². The summed E-state index contributed by atoms with van der Waals surface area (Å²) >= 11 is 0. The summed E-state index contributed by atoms with van der Waals surface area (Å²) in [6.07, 6.45) is 1.62. The van der Waals surface area contributed by atoms with E-state index in [1.54, 1.807) is 42.6 Å². The third-order valence-electron chi connectivity index (χ3n) is 7.57. The Morgan fingerprint density at radius 3 is 2.40 bits per heavy atom. The fraction of sp³-hybridized carbons (Fsp3) is 0.273. The molecule has 0 aliphatic carbocycles. The lowest BCUT2D eigenvalue weighted by Gasteiger charge is -2.18. The molecule has 3 aromatic carbocycles. The van der Waals surface area contributed by atoms with Crippen molar-refractivity contribution in [2.45, 2.75) is 58.1 Å². The fourth-order valence-corrected chi connectivity index (χ4v) is 7.48. The molecule has 0 bridgehead atoms. The molecular formula is C33H36N4O3SSi. The van der Waals surface area contributed by atoms with Gasteiger partial charge in [-0.1, -0.05) is 50.0 Å². The molecule has 9 heteroatoms. The van der Waals surface area contributed by atoms with Crippen LogP contribution in [0.25, 0.3) is 27.5 Å². The second-order valence-corrected chi connectivity index (χ2v) is 19.5. The lowest BCUT2D eigenvalue weighted by molar-refractivity contribution is 0.0893. The van der Waals surface area contributed by atoms with Crippen molar-refractivity contribution >= 4 is 45.6 Å². The van der Waals surface area contributed by atoms with E-state index in [1.165, 1.54) is 3.97 Å². The number of fused-ring (bicyclic) bond motifs is 2. The minimum atomic E-state index is -3.83. The molecular weight excluding hydrogens is 561 g/mol. The number of hydrogen-bond donors (Lipinski definition) is 0. The van der Waals surface area contributed by atoms with Crippen LogP contribution in [0, 0.1) is 32.1 Å². The van der Waals surface area contributed by atoms with E-state index in [-0.39, 0.29) is 11.6 Å². The average molecular weight is 597 g/mol. The summed E-state index contributed by atoms with van der Waals surface area (Å²) in [5.41, 5.74) is 6.95. The first-order valence-electron chi connectivity index (χ1n) is 13.9. The molecule has 0 saturated heterocycles. The number of nitrogens with zero attached hydrogens (tertiary/aromatic N) is 4. The van der Waals surface area contributed by atoms with Crippen LogP contribution in [0.15, 0.2) is 72.3 Å². The number of rotatable bonds is 9. The second kappa shape index (κ2) is 11.0. The molecule has 42 heavy (non-hydrogen) atoms. The molecule has 7 nitrogen and oxygen atoms in total. The number of imidazole rings is 1. The minimum absolute atomic E-state index is 0.233. The molecule has 0 unspecified atom stereocenters. The maximum atomic E-state index is 13.7. The van der Waals surface area contributed by atoms with E-state index in [1.807, 2.05) is 43.5 Å². The molecule has 2 heterocycles. The van der Waals surface area contributed by atoms with Gasteiger partial charge in [-0.05, 0) is 79.9 Å². The number of hydrogen-bond acceptors (Lipinski definition) is 5. The normalized spacial score (nSPS) is 12.2. The predicted molar refractivity (Wildman–Crippen MR) is 172 cm³/mol. The summed E-state index contributed by atoms with van der Waals surface area (Å²) in [7, 11) is -5.10. The Morgan fingerprint density at radius 1 is 1.02 bits per heavy atom. The standard InChI is InChI=1S/C33H36N4O3SSi/c1-22-8-11-27(12-9-22)41(38,39)37-15-14-28-31(23(2)18-24(3)32(28)37)25(4)33-35-29-19-26(20-34)10-13-30(29)36(33)21-40-16-17-42(5,6)7/h8-15,18-19H,4,16-17,21H2,1-3,5-7H3. The van der Waals surface area contributed by atoms with Crippen LogP contribution in [0.4, 0.5) is 0 Å². The van der Waals surface area contributed by atoms with Crippen LogP contribution in [0.2, 0.25) is 25.7 Å². The van der Waals surface area contributed by atoms with Crippen LogP contribution in [0.5, 0.6) is 0 Å². The largest absolute Gasteiger partial charge is 0.361 e. The smallest absolute Gasteiger partial charge is 0.268 e. The Bertz CT molecular complexity index is 1990. The van der Waals surface area contributed by atoms with Gasteiger partial charge in [-0.25, -0.2) is 17.4 Å². The van der Waals surface area contributed by atoms with Crippen molar-refractivity contribution in [1.29, 1.82) is 5.26 Å². The van der Waals surface area contributed by atoms with Gasteiger partial charge in [0.1, 0.15) is 12.6 Å². The zero-order chi connectivity index (χ0) is 30.4. The summed E-state index contributed by atoms with van der Waals surface area (Å²) in [6, 6.07) is 19.4. The fourth-order valence-electron chi connectivity index (χ4n) is 5.31. The van der Waals surface area contributed by atoms with Crippen LogP contribution in [-0.2, 0) is 21.5 Å². The van der Waals surface area contributed by atoms with Crippen molar-refractivity contribution in [2.75, 3.05) is 6.61 Å². The Kier molecular flexibility index (Phi) is 7.75. The minimum Gasteiger partial charge on any atom is -0.361 e. The van der Waals surface area contributed by atoms with Crippen LogP contribution in [0.1, 0.15) is 33.6 Å². The number of ether oxygens (including phenoxy) is 1. The Balaban J connectivity index is 1.64. The van der Waals surface area contributed by atoms with Crippen LogP contribution >= 0.6 is 0 Å². The molecule has 2 aromatic heterocycles. The van der Waals surface area contributed by atoms with Gasteiger partial charge in [0.15, 0.2) is 0 Å². The highest BCUT2D eigenvalue weighted by molar-refractivity contribution is 7.90. The lowest BCUT2D eigenvalue weighted by atomic mass is 9.95. The van der Waals surface area contributed by atoms with Gasteiger partial charge in [0.05, 0.1) is 33.1 Å². The van der Waals surface area contributed by atoms with Crippen molar-refractivity contribution < 1.29 is 13.2 Å². The van der Waals surface area contributed by atoms with E-state index in [9.17, 15) is 13.7 Å². The summed E-state index contributed by atoms with van der Waals surface area (Å²) in [4.78, 5) is 5.16. The van der Waals surface area contributed by atoms with Gasteiger partial charge in [-0.3, -0.25) is 4.57 Å². The van der Waals surface area contributed by atoms with Crippen molar-refractivity contribution in [3.05, 3.63) is 101 Å². The molecule has 0 amide bonds. The Labute approximate surface area is 248 Å². The van der Waals surface area contributed by atoms with E-state index in [0.29, 0.717) is 34.6 Å². The molecule has 0 atom stereocenters. The molecule has 0 saturated carbocycles. The number of benzene rings is 3.